The zero-order chi connectivity index (χ0) is 14.5. The van der Waals surface area contributed by atoms with Crippen molar-refractivity contribution in [3.8, 4) is 0 Å². The molecule has 0 aliphatic rings. The summed E-state index contributed by atoms with van der Waals surface area (Å²) in [4.78, 5) is 11.3. The first-order valence-electron chi connectivity index (χ1n) is 6.94. The number of rotatable bonds is 5. The van der Waals surface area contributed by atoms with Gasteiger partial charge in [-0.3, -0.25) is 4.79 Å². The maximum absolute atomic E-state index is 11.3. The van der Waals surface area contributed by atoms with E-state index in [4.69, 9.17) is 0 Å². The van der Waals surface area contributed by atoms with Gasteiger partial charge in [-0.05, 0) is 17.0 Å². The monoisotopic (exact) mass is 268 g/mol. The molecule has 0 saturated heterocycles. The summed E-state index contributed by atoms with van der Waals surface area (Å²) < 4.78 is 0. The minimum absolute atomic E-state index is 0.0253. The molecule has 2 aromatic carbocycles. The van der Waals surface area contributed by atoms with Crippen LogP contribution < -0.4 is 0 Å². The van der Waals surface area contributed by atoms with Gasteiger partial charge in [-0.25, -0.2) is 0 Å². The van der Waals surface area contributed by atoms with E-state index in [1.165, 1.54) is 11.1 Å². The Morgan fingerprint density at radius 3 is 1.60 bits per heavy atom. The first kappa shape index (κ1) is 14.3. The predicted octanol–water partition coefficient (Wildman–Crippen LogP) is 4.18. The molecule has 2 rings (SSSR count). The van der Waals surface area contributed by atoms with E-state index in [1.807, 2.05) is 43.3 Å². The van der Waals surface area contributed by atoms with E-state index >= 15 is 0 Å². The standard InChI is InChI=1S/C18H20O2/c1-13(14(2)18(19)20)17(15-9-5-3-6-10-15)16-11-7-4-8-12-16/h3-14,17H,1-2H3,(H,19,20). The Morgan fingerprint density at radius 1 is 0.850 bits per heavy atom. The number of hydrogen-bond acceptors (Lipinski definition) is 1. The molecule has 20 heavy (non-hydrogen) atoms. The lowest BCUT2D eigenvalue weighted by Crippen LogP contribution is -2.24. The third-order valence-electron chi connectivity index (χ3n) is 4.02. The summed E-state index contributed by atoms with van der Waals surface area (Å²) in [6, 6.07) is 20.3. The van der Waals surface area contributed by atoms with Crippen molar-refractivity contribution in [2.45, 2.75) is 19.8 Å². The molecule has 1 N–H and O–H groups in total. The van der Waals surface area contributed by atoms with Gasteiger partial charge in [-0.15, -0.1) is 0 Å². The van der Waals surface area contributed by atoms with E-state index < -0.39 is 5.97 Å². The highest BCUT2D eigenvalue weighted by molar-refractivity contribution is 5.70. The lowest BCUT2D eigenvalue weighted by Gasteiger charge is -2.28. The van der Waals surface area contributed by atoms with E-state index in [-0.39, 0.29) is 17.8 Å². The second-order valence-electron chi connectivity index (χ2n) is 5.29. The molecule has 2 aromatic rings. The average molecular weight is 268 g/mol. The Balaban J connectivity index is 2.43. The van der Waals surface area contributed by atoms with Gasteiger partial charge in [0.25, 0.3) is 0 Å². The Bertz CT molecular complexity index is 509. The SMILES string of the molecule is CC(C(=O)O)C(C)C(c1ccccc1)c1ccccc1. The summed E-state index contributed by atoms with van der Waals surface area (Å²) in [7, 11) is 0. The molecule has 0 radical (unpaired) electrons. The molecule has 0 aromatic heterocycles. The Kier molecular flexibility index (Phi) is 4.57. The van der Waals surface area contributed by atoms with Gasteiger partial charge >= 0.3 is 5.97 Å². The van der Waals surface area contributed by atoms with Crippen LogP contribution >= 0.6 is 0 Å². The minimum Gasteiger partial charge on any atom is -0.481 e. The zero-order valence-electron chi connectivity index (χ0n) is 11.9. The van der Waals surface area contributed by atoms with Crippen molar-refractivity contribution < 1.29 is 9.90 Å². The van der Waals surface area contributed by atoms with Crippen LogP contribution in [0.15, 0.2) is 60.7 Å². The topological polar surface area (TPSA) is 37.3 Å². The van der Waals surface area contributed by atoms with Crippen LogP contribution in [0, 0.1) is 11.8 Å². The van der Waals surface area contributed by atoms with Crippen LogP contribution in [-0.4, -0.2) is 11.1 Å². The highest BCUT2D eigenvalue weighted by atomic mass is 16.4. The summed E-state index contributed by atoms with van der Waals surface area (Å²) in [5.41, 5.74) is 2.33. The maximum Gasteiger partial charge on any atom is 0.306 e. The summed E-state index contributed by atoms with van der Waals surface area (Å²) in [6.45, 7) is 3.80. The summed E-state index contributed by atoms with van der Waals surface area (Å²) in [5, 5.41) is 9.30. The number of carbonyl (C=O) groups is 1. The largest absolute Gasteiger partial charge is 0.481 e. The Morgan fingerprint density at radius 2 is 1.25 bits per heavy atom. The van der Waals surface area contributed by atoms with Gasteiger partial charge in [0.1, 0.15) is 0 Å². The number of carboxylic acids is 1. The normalized spacial score (nSPS) is 13.9. The highest BCUT2D eigenvalue weighted by Crippen LogP contribution is 2.35. The third kappa shape index (κ3) is 3.08. The summed E-state index contributed by atoms with van der Waals surface area (Å²) in [5.74, 6) is -1.00. The molecule has 0 saturated carbocycles. The predicted molar refractivity (Wildman–Crippen MR) is 80.7 cm³/mol. The fourth-order valence-corrected chi connectivity index (χ4v) is 2.63. The fraction of sp³-hybridized carbons (Fsp3) is 0.278. The maximum atomic E-state index is 11.3. The molecule has 0 bridgehead atoms. The lowest BCUT2D eigenvalue weighted by molar-refractivity contribution is -0.142. The van der Waals surface area contributed by atoms with Crippen molar-refractivity contribution in [3.63, 3.8) is 0 Å². The molecule has 0 fully saturated rings. The molecular formula is C18H20O2. The Hall–Kier alpha value is -2.09. The van der Waals surface area contributed by atoms with E-state index in [1.54, 1.807) is 6.92 Å². The molecule has 2 nitrogen and oxygen atoms in total. The molecule has 2 unspecified atom stereocenters. The summed E-state index contributed by atoms with van der Waals surface area (Å²) in [6.07, 6.45) is 0. The molecule has 0 amide bonds. The molecule has 0 spiro atoms. The van der Waals surface area contributed by atoms with Crippen LogP contribution in [0.25, 0.3) is 0 Å². The molecule has 0 heterocycles. The van der Waals surface area contributed by atoms with Gasteiger partial charge in [-0.2, -0.15) is 0 Å². The lowest BCUT2D eigenvalue weighted by atomic mass is 9.76. The molecule has 0 aliphatic heterocycles. The smallest absolute Gasteiger partial charge is 0.306 e. The van der Waals surface area contributed by atoms with E-state index in [9.17, 15) is 9.90 Å². The molecule has 2 atom stereocenters. The number of carboxylic acid groups (broad SMARTS) is 1. The molecule has 2 heteroatoms. The van der Waals surface area contributed by atoms with Gasteiger partial charge in [0, 0.05) is 5.92 Å². The van der Waals surface area contributed by atoms with Gasteiger partial charge in [-0.1, -0.05) is 74.5 Å². The van der Waals surface area contributed by atoms with Gasteiger partial charge in [0.15, 0.2) is 0 Å². The van der Waals surface area contributed by atoms with Crippen LogP contribution in [-0.2, 0) is 4.79 Å². The number of hydrogen-bond donors (Lipinski definition) is 1. The van der Waals surface area contributed by atoms with E-state index in [0.29, 0.717) is 0 Å². The second-order valence-corrected chi connectivity index (χ2v) is 5.29. The van der Waals surface area contributed by atoms with Crippen molar-refractivity contribution in [1.82, 2.24) is 0 Å². The second kappa shape index (κ2) is 6.38. The Labute approximate surface area is 120 Å². The molecular weight excluding hydrogens is 248 g/mol. The average Bonchev–Trinajstić information content (AvgIpc) is 2.48. The van der Waals surface area contributed by atoms with Crippen LogP contribution in [0.3, 0.4) is 0 Å². The van der Waals surface area contributed by atoms with Crippen LogP contribution in [0.5, 0.6) is 0 Å². The first-order valence-corrected chi connectivity index (χ1v) is 6.94. The first-order chi connectivity index (χ1) is 9.61. The van der Waals surface area contributed by atoms with Gasteiger partial charge in [0.2, 0.25) is 0 Å². The van der Waals surface area contributed by atoms with Crippen molar-refractivity contribution >= 4 is 5.97 Å². The van der Waals surface area contributed by atoms with E-state index in [2.05, 4.69) is 24.3 Å². The zero-order valence-corrected chi connectivity index (χ0v) is 11.9. The van der Waals surface area contributed by atoms with Crippen molar-refractivity contribution in [3.05, 3.63) is 71.8 Å². The van der Waals surface area contributed by atoms with Crippen molar-refractivity contribution in [2.24, 2.45) is 11.8 Å². The number of benzene rings is 2. The van der Waals surface area contributed by atoms with Crippen molar-refractivity contribution in [1.29, 1.82) is 0 Å². The van der Waals surface area contributed by atoms with Crippen LogP contribution in [0.1, 0.15) is 30.9 Å². The quantitative estimate of drug-likeness (QED) is 0.883. The van der Waals surface area contributed by atoms with Crippen molar-refractivity contribution in [2.75, 3.05) is 0 Å². The van der Waals surface area contributed by atoms with Crippen LogP contribution in [0.2, 0.25) is 0 Å². The molecule has 0 aliphatic carbocycles. The fourth-order valence-electron chi connectivity index (χ4n) is 2.63. The van der Waals surface area contributed by atoms with E-state index in [0.717, 1.165) is 0 Å². The number of aliphatic carboxylic acids is 1. The molecule has 104 valence electrons. The minimum atomic E-state index is -0.741. The highest BCUT2D eigenvalue weighted by Gasteiger charge is 2.29. The third-order valence-corrected chi connectivity index (χ3v) is 4.02. The van der Waals surface area contributed by atoms with Crippen LogP contribution in [0.4, 0.5) is 0 Å². The summed E-state index contributed by atoms with van der Waals surface area (Å²) >= 11 is 0. The van der Waals surface area contributed by atoms with Gasteiger partial charge in [0.05, 0.1) is 5.92 Å². The van der Waals surface area contributed by atoms with Gasteiger partial charge < -0.3 is 5.11 Å².